The summed E-state index contributed by atoms with van der Waals surface area (Å²) in [5, 5.41) is 14.0. The predicted octanol–water partition coefficient (Wildman–Crippen LogP) is 3.98. The van der Waals surface area contributed by atoms with Crippen molar-refractivity contribution in [3.8, 4) is 5.75 Å². The topological polar surface area (TPSA) is 86.8 Å². The Labute approximate surface area is 178 Å². The molecule has 7 heteroatoms. The molecule has 1 fully saturated rings. The lowest BCUT2D eigenvalue weighted by molar-refractivity contribution is 0.0490. The van der Waals surface area contributed by atoms with Gasteiger partial charge in [0.1, 0.15) is 23.6 Å². The standard InChI is InChI=1S/C23H35N3O4/c1-15(2)26-10-8-17(9-11-26)29-18-6-7-19-16(12-18)13-20(25-19)21(27)14-24-22(28)30-23(3,4)5/h6-7,12-13,15,17,21,25,27H,8-11,14H2,1-5H3,(H,24,28). The van der Waals surface area contributed by atoms with E-state index in [1.54, 1.807) is 20.8 Å². The molecule has 0 radical (unpaired) electrons. The maximum absolute atomic E-state index is 11.8. The van der Waals surface area contributed by atoms with Crippen molar-refractivity contribution in [3.05, 3.63) is 30.0 Å². The van der Waals surface area contributed by atoms with Crippen LogP contribution in [0, 0.1) is 0 Å². The third-order valence-corrected chi connectivity index (χ3v) is 5.32. The van der Waals surface area contributed by atoms with Crippen molar-refractivity contribution in [1.29, 1.82) is 0 Å². The molecule has 3 rings (SSSR count). The van der Waals surface area contributed by atoms with Crippen LogP contribution < -0.4 is 10.1 Å². The number of carbonyl (C=O) groups excluding carboxylic acids is 1. The summed E-state index contributed by atoms with van der Waals surface area (Å²) in [6.07, 6.45) is 0.902. The van der Waals surface area contributed by atoms with Crippen LogP contribution in [-0.2, 0) is 4.74 Å². The molecule has 1 aromatic carbocycles. The number of aliphatic hydroxyl groups excluding tert-OH is 1. The lowest BCUT2D eigenvalue weighted by atomic mass is 10.1. The van der Waals surface area contributed by atoms with Gasteiger partial charge in [0, 0.05) is 35.7 Å². The van der Waals surface area contributed by atoms with Gasteiger partial charge in [0.15, 0.2) is 0 Å². The van der Waals surface area contributed by atoms with Gasteiger partial charge in [-0.1, -0.05) is 0 Å². The van der Waals surface area contributed by atoms with Gasteiger partial charge in [-0.2, -0.15) is 0 Å². The van der Waals surface area contributed by atoms with Crippen LogP contribution in [0.25, 0.3) is 10.9 Å². The van der Waals surface area contributed by atoms with Crippen molar-refractivity contribution >= 4 is 17.0 Å². The number of piperidine rings is 1. The number of likely N-dealkylation sites (tertiary alicyclic amines) is 1. The molecule has 0 saturated carbocycles. The van der Waals surface area contributed by atoms with Crippen molar-refractivity contribution in [2.45, 2.75) is 71.3 Å². The van der Waals surface area contributed by atoms with Crippen molar-refractivity contribution in [3.63, 3.8) is 0 Å². The highest BCUT2D eigenvalue weighted by molar-refractivity contribution is 5.82. The average molecular weight is 418 g/mol. The number of rotatable bonds is 6. The Kier molecular flexibility index (Phi) is 6.93. The minimum absolute atomic E-state index is 0.0690. The van der Waals surface area contributed by atoms with E-state index < -0.39 is 17.8 Å². The molecule has 3 N–H and O–H groups in total. The maximum Gasteiger partial charge on any atom is 0.407 e. The second kappa shape index (κ2) is 9.27. The van der Waals surface area contributed by atoms with Crippen LogP contribution in [0.2, 0.25) is 0 Å². The van der Waals surface area contributed by atoms with Gasteiger partial charge >= 0.3 is 6.09 Å². The summed E-state index contributed by atoms with van der Waals surface area (Å²) in [4.78, 5) is 17.5. The number of aliphatic hydroxyl groups is 1. The number of aromatic nitrogens is 1. The largest absolute Gasteiger partial charge is 0.490 e. The number of nitrogens with one attached hydrogen (secondary N) is 2. The second-order valence-corrected chi connectivity index (χ2v) is 9.32. The van der Waals surface area contributed by atoms with Gasteiger partial charge in [0.05, 0.1) is 6.54 Å². The highest BCUT2D eigenvalue weighted by Gasteiger charge is 2.22. The van der Waals surface area contributed by atoms with Crippen molar-refractivity contribution in [2.24, 2.45) is 0 Å². The highest BCUT2D eigenvalue weighted by atomic mass is 16.6. The van der Waals surface area contributed by atoms with Crippen LogP contribution >= 0.6 is 0 Å². The predicted molar refractivity (Wildman–Crippen MR) is 118 cm³/mol. The zero-order chi connectivity index (χ0) is 21.9. The summed E-state index contributed by atoms with van der Waals surface area (Å²) in [6.45, 7) is 12.1. The number of ether oxygens (including phenoxy) is 2. The summed E-state index contributed by atoms with van der Waals surface area (Å²) in [5.41, 5.74) is 0.990. The molecule has 7 nitrogen and oxygen atoms in total. The summed E-state index contributed by atoms with van der Waals surface area (Å²) in [5.74, 6) is 0.845. The SMILES string of the molecule is CC(C)N1CCC(Oc2ccc3[nH]c(C(O)CNC(=O)OC(C)(C)C)cc3c2)CC1. The summed E-state index contributed by atoms with van der Waals surface area (Å²) >= 11 is 0. The Hall–Kier alpha value is -2.25. The maximum atomic E-state index is 11.8. The van der Waals surface area contributed by atoms with E-state index in [0.29, 0.717) is 11.7 Å². The number of benzene rings is 1. The minimum atomic E-state index is -0.852. The molecule has 0 bridgehead atoms. The van der Waals surface area contributed by atoms with E-state index in [4.69, 9.17) is 9.47 Å². The third kappa shape index (κ3) is 6.12. The molecule has 1 aliphatic rings. The van der Waals surface area contributed by atoms with E-state index in [9.17, 15) is 9.90 Å². The normalized spacial score (nSPS) is 17.3. The molecule has 1 amide bonds. The number of hydrogen-bond donors (Lipinski definition) is 3. The van der Waals surface area contributed by atoms with Gasteiger partial charge < -0.3 is 29.8 Å². The second-order valence-electron chi connectivity index (χ2n) is 9.32. The van der Waals surface area contributed by atoms with Crippen LogP contribution in [0.3, 0.4) is 0 Å². The Morgan fingerprint density at radius 3 is 2.60 bits per heavy atom. The molecule has 166 valence electrons. The number of carbonyl (C=O) groups is 1. The summed E-state index contributed by atoms with van der Waals surface area (Å²) in [6, 6.07) is 8.40. The molecule has 2 aromatic rings. The first-order valence-electron chi connectivity index (χ1n) is 10.8. The molecule has 1 aromatic heterocycles. The van der Waals surface area contributed by atoms with E-state index in [-0.39, 0.29) is 12.6 Å². The van der Waals surface area contributed by atoms with Crippen molar-refractivity contribution in [2.75, 3.05) is 19.6 Å². The number of fused-ring (bicyclic) bond motifs is 1. The number of nitrogens with zero attached hydrogens (tertiary/aromatic N) is 1. The van der Waals surface area contributed by atoms with Crippen LogP contribution in [0.4, 0.5) is 4.79 Å². The zero-order valence-electron chi connectivity index (χ0n) is 18.7. The fraction of sp³-hybridized carbons (Fsp3) is 0.609. The Morgan fingerprint density at radius 2 is 1.97 bits per heavy atom. The number of alkyl carbamates (subject to hydrolysis) is 1. The van der Waals surface area contributed by atoms with E-state index in [0.717, 1.165) is 42.6 Å². The van der Waals surface area contributed by atoms with Gasteiger partial charge in [-0.3, -0.25) is 0 Å². The van der Waals surface area contributed by atoms with Crippen LogP contribution in [0.15, 0.2) is 24.3 Å². The van der Waals surface area contributed by atoms with Crippen molar-refractivity contribution < 1.29 is 19.4 Å². The molecule has 1 aliphatic heterocycles. The van der Waals surface area contributed by atoms with Gasteiger partial charge in [-0.15, -0.1) is 0 Å². The molecule has 0 spiro atoms. The van der Waals surface area contributed by atoms with E-state index in [1.165, 1.54) is 0 Å². The van der Waals surface area contributed by atoms with Gasteiger partial charge in [0.25, 0.3) is 0 Å². The fourth-order valence-electron chi connectivity index (χ4n) is 3.69. The smallest absolute Gasteiger partial charge is 0.407 e. The number of amides is 1. The number of aromatic amines is 1. The molecular weight excluding hydrogens is 382 g/mol. The molecule has 2 heterocycles. The first-order valence-corrected chi connectivity index (χ1v) is 10.8. The molecule has 1 saturated heterocycles. The molecule has 30 heavy (non-hydrogen) atoms. The Morgan fingerprint density at radius 1 is 1.27 bits per heavy atom. The van der Waals surface area contributed by atoms with Gasteiger partial charge in [0.2, 0.25) is 0 Å². The number of H-pyrrole nitrogens is 1. The minimum Gasteiger partial charge on any atom is -0.490 e. The van der Waals surface area contributed by atoms with Crippen LogP contribution in [0.1, 0.15) is 59.3 Å². The lowest BCUT2D eigenvalue weighted by Crippen LogP contribution is -2.41. The zero-order valence-corrected chi connectivity index (χ0v) is 18.7. The summed E-state index contributed by atoms with van der Waals surface area (Å²) < 4.78 is 11.4. The molecular formula is C23H35N3O4. The van der Waals surface area contributed by atoms with Crippen LogP contribution in [-0.4, -0.2) is 58.5 Å². The molecule has 1 unspecified atom stereocenters. The van der Waals surface area contributed by atoms with Crippen molar-refractivity contribution in [1.82, 2.24) is 15.2 Å². The van der Waals surface area contributed by atoms with E-state index in [1.807, 2.05) is 24.3 Å². The summed E-state index contributed by atoms with van der Waals surface area (Å²) in [7, 11) is 0. The Bertz CT molecular complexity index is 848. The molecule has 0 aliphatic carbocycles. The van der Waals surface area contributed by atoms with E-state index >= 15 is 0 Å². The Balaban J connectivity index is 1.57. The first kappa shape index (κ1) is 22.4. The quantitative estimate of drug-likeness (QED) is 0.662. The molecule has 1 atom stereocenters. The average Bonchev–Trinajstić information content (AvgIpc) is 3.08. The highest BCUT2D eigenvalue weighted by Crippen LogP contribution is 2.26. The first-order chi connectivity index (χ1) is 14.1. The van der Waals surface area contributed by atoms with E-state index in [2.05, 4.69) is 29.0 Å². The van der Waals surface area contributed by atoms with Gasteiger partial charge in [-0.05, 0) is 71.7 Å². The van der Waals surface area contributed by atoms with Gasteiger partial charge in [-0.25, -0.2) is 4.79 Å². The lowest BCUT2D eigenvalue weighted by Gasteiger charge is -2.34. The van der Waals surface area contributed by atoms with Crippen LogP contribution in [0.5, 0.6) is 5.75 Å². The number of hydrogen-bond acceptors (Lipinski definition) is 5. The third-order valence-electron chi connectivity index (χ3n) is 5.32. The fourth-order valence-corrected chi connectivity index (χ4v) is 3.69. The monoisotopic (exact) mass is 417 g/mol.